The van der Waals surface area contributed by atoms with Gasteiger partial charge in [-0.1, -0.05) is 35.4 Å². The second-order valence-corrected chi connectivity index (χ2v) is 5.65. The van der Waals surface area contributed by atoms with E-state index in [1.54, 1.807) is 0 Å². The third kappa shape index (κ3) is 4.67. The topological polar surface area (TPSA) is 55.4 Å². The van der Waals surface area contributed by atoms with E-state index in [4.69, 9.17) is 0 Å². The highest BCUT2D eigenvalue weighted by Gasteiger charge is 2.20. The molecular weight excluding hydrogens is 321 g/mol. The molecule has 1 aliphatic rings. The third-order valence-electron chi connectivity index (χ3n) is 2.88. The van der Waals surface area contributed by atoms with Gasteiger partial charge in [0.05, 0.1) is 7.11 Å². The second-order valence-electron chi connectivity index (χ2n) is 4.15. The first-order valence-corrected chi connectivity index (χ1v) is 6.86. The molecule has 92 valence electrons. The minimum Gasteiger partial charge on any atom is -0.468 e. The highest BCUT2D eigenvalue weighted by Crippen LogP contribution is 2.27. The maximum absolute atomic E-state index is 11.5. The highest BCUT2D eigenvalue weighted by molar-refractivity contribution is 14.1. The highest BCUT2D eigenvalue weighted by atomic mass is 127. The van der Waals surface area contributed by atoms with Gasteiger partial charge in [-0.2, -0.15) is 0 Å². The molecule has 4 nitrogen and oxygen atoms in total. The predicted molar refractivity (Wildman–Crippen MR) is 69.4 cm³/mol. The molecule has 1 aliphatic carbocycles. The van der Waals surface area contributed by atoms with E-state index in [0.717, 1.165) is 12.8 Å². The van der Waals surface area contributed by atoms with Gasteiger partial charge >= 0.3 is 5.97 Å². The summed E-state index contributed by atoms with van der Waals surface area (Å²) in [6.07, 6.45) is 5.42. The number of rotatable bonds is 5. The Morgan fingerprint density at radius 3 is 2.62 bits per heavy atom. The fourth-order valence-electron chi connectivity index (χ4n) is 1.96. The van der Waals surface area contributed by atoms with Crippen LogP contribution < -0.4 is 5.32 Å². The Hall–Kier alpha value is -0.330. The lowest BCUT2D eigenvalue weighted by Crippen LogP contribution is -2.34. The molecule has 0 aliphatic heterocycles. The molecule has 0 heterocycles. The van der Waals surface area contributed by atoms with Crippen molar-refractivity contribution in [2.75, 3.05) is 13.7 Å². The second kappa shape index (κ2) is 7.09. The summed E-state index contributed by atoms with van der Waals surface area (Å²) in [5, 5.41) is 2.78. The number of ether oxygens (including phenoxy) is 1. The van der Waals surface area contributed by atoms with Crippen LogP contribution in [0.25, 0.3) is 0 Å². The number of amides is 1. The molecule has 0 radical (unpaired) electrons. The molecule has 0 aromatic heterocycles. The van der Waals surface area contributed by atoms with Crippen LogP contribution >= 0.6 is 22.6 Å². The maximum atomic E-state index is 11.5. The Morgan fingerprint density at radius 2 is 2.06 bits per heavy atom. The molecule has 0 spiro atoms. The van der Waals surface area contributed by atoms with E-state index >= 15 is 0 Å². The van der Waals surface area contributed by atoms with Crippen LogP contribution in [0.2, 0.25) is 0 Å². The standard InChI is InChI=1S/C11H18INO3/c1-16-11(15)9(12)7-13-10(14)6-8-4-2-3-5-8/h8-9H,2-7H2,1H3,(H,13,14). The normalized spacial score (nSPS) is 18.1. The van der Waals surface area contributed by atoms with Gasteiger partial charge in [-0.15, -0.1) is 0 Å². The molecule has 0 bridgehead atoms. The number of alkyl halides is 1. The third-order valence-corrected chi connectivity index (χ3v) is 3.83. The molecule has 1 fully saturated rings. The molecule has 0 aromatic rings. The monoisotopic (exact) mass is 339 g/mol. The van der Waals surface area contributed by atoms with Gasteiger partial charge in [0, 0.05) is 13.0 Å². The average Bonchev–Trinajstić information content (AvgIpc) is 2.77. The van der Waals surface area contributed by atoms with E-state index in [1.165, 1.54) is 20.0 Å². The Kier molecular flexibility index (Phi) is 6.08. The zero-order valence-electron chi connectivity index (χ0n) is 9.50. The molecule has 5 heteroatoms. The number of esters is 1. The number of carbonyl (C=O) groups is 2. The van der Waals surface area contributed by atoms with Gasteiger partial charge in [0.1, 0.15) is 3.92 Å². The number of hydrogen-bond donors (Lipinski definition) is 1. The SMILES string of the molecule is COC(=O)C(I)CNC(=O)CC1CCCC1. The van der Waals surface area contributed by atoms with Crippen LogP contribution in [0.1, 0.15) is 32.1 Å². The lowest BCUT2D eigenvalue weighted by Gasteiger charge is -2.11. The zero-order valence-corrected chi connectivity index (χ0v) is 11.7. The van der Waals surface area contributed by atoms with Gasteiger partial charge in [-0.05, 0) is 18.8 Å². The average molecular weight is 339 g/mol. The van der Waals surface area contributed by atoms with Crippen molar-refractivity contribution in [1.82, 2.24) is 5.32 Å². The number of methoxy groups -OCH3 is 1. The van der Waals surface area contributed by atoms with Gasteiger partial charge in [-0.25, -0.2) is 0 Å². The molecule has 1 rings (SSSR count). The Bertz CT molecular complexity index is 252. The summed E-state index contributed by atoms with van der Waals surface area (Å²) in [6.45, 7) is 0.360. The van der Waals surface area contributed by atoms with Crippen LogP contribution in [-0.2, 0) is 14.3 Å². The van der Waals surface area contributed by atoms with E-state index in [1.807, 2.05) is 22.6 Å². The van der Waals surface area contributed by atoms with Crippen molar-refractivity contribution >= 4 is 34.5 Å². The van der Waals surface area contributed by atoms with E-state index in [2.05, 4.69) is 10.1 Å². The van der Waals surface area contributed by atoms with E-state index in [0.29, 0.717) is 18.9 Å². The van der Waals surface area contributed by atoms with Crippen molar-refractivity contribution in [3.8, 4) is 0 Å². The van der Waals surface area contributed by atoms with E-state index in [-0.39, 0.29) is 15.8 Å². The van der Waals surface area contributed by atoms with Crippen molar-refractivity contribution in [3.63, 3.8) is 0 Å². The van der Waals surface area contributed by atoms with E-state index in [9.17, 15) is 9.59 Å². The van der Waals surface area contributed by atoms with Crippen LogP contribution in [0.5, 0.6) is 0 Å². The van der Waals surface area contributed by atoms with Gasteiger partial charge in [0.25, 0.3) is 0 Å². The molecular formula is C11H18INO3. The first-order chi connectivity index (χ1) is 7.63. The van der Waals surface area contributed by atoms with Crippen LogP contribution in [-0.4, -0.2) is 29.5 Å². The van der Waals surface area contributed by atoms with Crippen molar-refractivity contribution in [1.29, 1.82) is 0 Å². The number of nitrogens with one attached hydrogen (secondary N) is 1. The molecule has 1 saturated carbocycles. The summed E-state index contributed by atoms with van der Waals surface area (Å²) in [7, 11) is 1.36. The molecule has 16 heavy (non-hydrogen) atoms. The summed E-state index contributed by atoms with van der Waals surface area (Å²) in [5.41, 5.74) is 0. The van der Waals surface area contributed by atoms with Crippen LogP contribution in [0.15, 0.2) is 0 Å². The fraction of sp³-hybridized carbons (Fsp3) is 0.818. The fourth-order valence-corrected chi connectivity index (χ4v) is 2.44. The summed E-state index contributed by atoms with van der Waals surface area (Å²) in [4.78, 5) is 22.6. The lowest BCUT2D eigenvalue weighted by atomic mass is 10.0. The molecule has 1 N–H and O–H groups in total. The van der Waals surface area contributed by atoms with Crippen LogP contribution in [0.4, 0.5) is 0 Å². The first-order valence-electron chi connectivity index (χ1n) is 5.62. The largest absolute Gasteiger partial charge is 0.468 e. The predicted octanol–water partition coefficient (Wildman–Crippen LogP) is 1.66. The lowest BCUT2D eigenvalue weighted by molar-refractivity contribution is -0.139. The molecule has 0 aromatic carbocycles. The summed E-state index contributed by atoms with van der Waals surface area (Å²) in [5.74, 6) is 0.310. The van der Waals surface area contributed by atoms with Gasteiger partial charge in [0.2, 0.25) is 5.91 Å². The van der Waals surface area contributed by atoms with Gasteiger partial charge in [0.15, 0.2) is 0 Å². The Morgan fingerprint density at radius 1 is 1.44 bits per heavy atom. The van der Waals surface area contributed by atoms with Crippen molar-refractivity contribution in [3.05, 3.63) is 0 Å². The number of halogens is 1. The zero-order chi connectivity index (χ0) is 12.0. The molecule has 1 unspecified atom stereocenters. The van der Waals surface area contributed by atoms with Crippen molar-refractivity contribution in [2.24, 2.45) is 5.92 Å². The summed E-state index contributed by atoms with van der Waals surface area (Å²) < 4.78 is 4.28. The summed E-state index contributed by atoms with van der Waals surface area (Å²) in [6, 6.07) is 0. The van der Waals surface area contributed by atoms with Crippen LogP contribution in [0.3, 0.4) is 0 Å². The maximum Gasteiger partial charge on any atom is 0.320 e. The number of hydrogen-bond acceptors (Lipinski definition) is 3. The smallest absolute Gasteiger partial charge is 0.320 e. The Balaban J connectivity index is 2.16. The molecule has 1 amide bonds. The molecule has 0 saturated heterocycles. The Labute approximate surface area is 110 Å². The van der Waals surface area contributed by atoms with Crippen LogP contribution in [0, 0.1) is 5.92 Å². The van der Waals surface area contributed by atoms with Crippen molar-refractivity contribution < 1.29 is 14.3 Å². The molecule has 1 atom stereocenters. The number of carbonyl (C=O) groups excluding carboxylic acids is 2. The first kappa shape index (κ1) is 13.7. The van der Waals surface area contributed by atoms with Crippen molar-refractivity contribution in [2.45, 2.75) is 36.0 Å². The summed E-state index contributed by atoms with van der Waals surface area (Å²) >= 11 is 1.98. The van der Waals surface area contributed by atoms with Gasteiger partial charge in [-0.3, -0.25) is 9.59 Å². The van der Waals surface area contributed by atoms with Gasteiger partial charge < -0.3 is 10.1 Å². The quantitative estimate of drug-likeness (QED) is 0.471. The minimum absolute atomic E-state index is 0.0532. The minimum atomic E-state index is -0.296. The van der Waals surface area contributed by atoms with E-state index < -0.39 is 0 Å².